The van der Waals surface area contributed by atoms with E-state index >= 15 is 0 Å². The third-order valence-electron chi connectivity index (χ3n) is 4.20. The predicted octanol–water partition coefficient (Wildman–Crippen LogP) is 0.279. The maximum Gasteiger partial charge on any atom is 0.317 e. The second-order valence-corrected chi connectivity index (χ2v) is 7.84. The van der Waals surface area contributed by atoms with Crippen molar-refractivity contribution in [1.82, 2.24) is 20.4 Å². The highest BCUT2D eigenvalue weighted by molar-refractivity contribution is 7.89. The maximum absolute atomic E-state index is 12.1. The average Bonchev–Trinajstić information content (AvgIpc) is 3.02. The number of aryl methyl sites for hydroxylation is 2. The molecule has 1 saturated heterocycles. The van der Waals surface area contributed by atoms with Gasteiger partial charge in [-0.1, -0.05) is 0 Å². The van der Waals surface area contributed by atoms with Gasteiger partial charge in [0, 0.05) is 25.3 Å². The summed E-state index contributed by atoms with van der Waals surface area (Å²) in [5.74, 6) is -0.123. The number of primary sulfonamides is 1. The van der Waals surface area contributed by atoms with Gasteiger partial charge in [-0.2, -0.15) is 5.10 Å². The quantitative estimate of drug-likeness (QED) is 0.642. The SMILES string of the molecule is Cc1n[nH]c(C)c1CCCNC(=O)N1CC[C@@H](CS(N)(=O)=O)C1. The number of hydrogen-bond donors (Lipinski definition) is 3. The van der Waals surface area contributed by atoms with Crippen LogP contribution in [-0.2, 0) is 16.4 Å². The van der Waals surface area contributed by atoms with Crippen molar-refractivity contribution in [2.75, 3.05) is 25.4 Å². The standard InChI is InChI=1S/C14H25N5O3S/c1-10-13(11(2)18-17-10)4-3-6-16-14(20)19-7-5-12(8-19)9-23(15,21)22/h12H,3-9H2,1-2H3,(H,16,20)(H,17,18)(H2,15,21,22)/t12-/m1/s1. The van der Waals surface area contributed by atoms with E-state index in [2.05, 4.69) is 15.5 Å². The van der Waals surface area contributed by atoms with Crippen molar-refractivity contribution in [3.05, 3.63) is 17.0 Å². The van der Waals surface area contributed by atoms with Crippen LogP contribution in [0.25, 0.3) is 0 Å². The van der Waals surface area contributed by atoms with Crippen LogP contribution >= 0.6 is 0 Å². The highest BCUT2D eigenvalue weighted by Crippen LogP contribution is 2.17. The van der Waals surface area contributed by atoms with Crippen molar-refractivity contribution < 1.29 is 13.2 Å². The lowest BCUT2D eigenvalue weighted by atomic mass is 10.1. The lowest BCUT2D eigenvalue weighted by Gasteiger charge is -2.17. The van der Waals surface area contributed by atoms with E-state index < -0.39 is 10.0 Å². The van der Waals surface area contributed by atoms with Gasteiger partial charge in [-0.05, 0) is 44.6 Å². The number of nitrogens with one attached hydrogen (secondary N) is 2. The third kappa shape index (κ3) is 5.21. The zero-order valence-corrected chi connectivity index (χ0v) is 14.4. The van der Waals surface area contributed by atoms with Crippen LogP contribution in [0.2, 0.25) is 0 Å². The number of carbonyl (C=O) groups excluding carboxylic acids is 1. The Bertz CT molecular complexity index is 636. The first kappa shape index (κ1) is 17.7. The fraction of sp³-hybridized carbons (Fsp3) is 0.714. The fourth-order valence-electron chi connectivity index (χ4n) is 3.00. The van der Waals surface area contributed by atoms with E-state index in [1.165, 1.54) is 5.56 Å². The number of sulfonamides is 1. The van der Waals surface area contributed by atoms with Crippen molar-refractivity contribution in [3.63, 3.8) is 0 Å². The Kier molecular flexibility index (Phi) is 5.64. The predicted molar refractivity (Wildman–Crippen MR) is 87.4 cm³/mol. The van der Waals surface area contributed by atoms with Crippen LogP contribution in [0.15, 0.2) is 0 Å². The summed E-state index contributed by atoms with van der Waals surface area (Å²) in [6, 6.07) is -0.137. The van der Waals surface area contributed by atoms with Crippen LogP contribution in [0.4, 0.5) is 4.79 Å². The number of aromatic nitrogens is 2. The van der Waals surface area contributed by atoms with Gasteiger partial charge in [0.2, 0.25) is 10.0 Å². The van der Waals surface area contributed by atoms with E-state index in [9.17, 15) is 13.2 Å². The summed E-state index contributed by atoms with van der Waals surface area (Å²) in [4.78, 5) is 13.7. The number of aromatic amines is 1. The summed E-state index contributed by atoms with van der Waals surface area (Å²) in [5, 5.41) is 15.0. The molecule has 2 amide bonds. The molecule has 1 aliphatic heterocycles. The fourth-order valence-corrected chi connectivity index (χ4v) is 3.93. The van der Waals surface area contributed by atoms with Crippen LogP contribution in [0.3, 0.4) is 0 Å². The molecule has 1 aromatic rings. The van der Waals surface area contributed by atoms with E-state index in [1.807, 2.05) is 13.8 Å². The van der Waals surface area contributed by atoms with Gasteiger partial charge < -0.3 is 10.2 Å². The average molecular weight is 343 g/mol. The normalized spacial score (nSPS) is 18.4. The second kappa shape index (κ2) is 7.31. The summed E-state index contributed by atoms with van der Waals surface area (Å²) in [7, 11) is -3.48. The van der Waals surface area contributed by atoms with Crippen molar-refractivity contribution in [3.8, 4) is 0 Å². The molecular formula is C14H25N5O3S. The number of likely N-dealkylation sites (tertiary alicyclic amines) is 1. The molecule has 0 spiro atoms. The lowest BCUT2D eigenvalue weighted by Crippen LogP contribution is -2.39. The zero-order chi connectivity index (χ0) is 17.0. The van der Waals surface area contributed by atoms with Crippen LogP contribution in [-0.4, -0.2) is 54.9 Å². The van der Waals surface area contributed by atoms with Gasteiger partial charge in [-0.15, -0.1) is 0 Å². The topological polar surface area (TPSA) is 121 Å². The molecule has 4 N–H and O–H groups in total. The van der Waals surface area contributed by atoms with Crippen LogP contribution in [0, 0.1) is 19.8 Å². The molecule has 0 bridgehead atoms. The number of carbonyl (C=O) groups is 1. The molecule has 9 heteroatoms. The molecule has 0 saturated carbocycles. The number of rotatable bonds is 6. The number of nitrogens with two attached hydrogens (primary N) is 1. The highest BCUT2D eigenvalue weighted by Gasteiger charge is 2.28. The number of amides is 2. The molecule has 0 radical (unpaired) electrons. The van der Waals surface area contributed by atoms with E-state index in [0.717, 1.165) is 24.2 Å². The smallest absolute Gasteiger partial charge is 0.317 e. The van der Waals surface area contributed by atoms with Crippen molar-refractivity contribution in [1.29, 1.82) is 0 Å². The van der Waals surface area contributed by atoms with Crippen LogP contribution < -0.4 is 10.5 Å². The molecule has 2 rings (SSSR count). The summed E-state index contributed by atoms with van der Waals surface area (Å²) in [6.45, 7) is 5.56. The Labute approximate surface area is 136 Å². The summed E-state index contributed by atoms with van der Waals surface area (Å²) in [6.07, 6.45) is 2.38. The summed E-state index contributed by atoms with van der Waals surface area (Å²) >= 11 is 0. The number of hydrogen-bond acceptors (Lipinski definition) is 4. The molecule has 0 unspecified atom stereocenters. The monoisotopic (exact) mass is 343 g/mol. The molecule has 130 valence electrons. The van der Waals surface area contributed by atoms with Gasteiger partial charge in [-0.3, -0.25) is 5.10 Å². The van der Waals surface area contributed by atoms with Gasteiger partial charge in [0.1, 0.15) is 0 Å². The Balaban J connectivity index is 1.70. The number of urea groups is 1. The van der Waals surface area contributed by atoms with Crippen LogP contribution in [0.1, 0.15) is 29.8 Å². The van der Waals surface area contributed by atoms with E-state index in [-0.39, 0.29) is 17.7 Å². The number of nitrogens with zero attached hydrogens (tertiary/aromatic N) is 2. The lowest BCUT2D eigenvalue weighted by molar-refractivity contribution is 0.207. The molecular weight excluding hydrogens is 318 g/mol. The number of H-pyrrole nitrogens is 1. The molecule has 23 heavy (non-hydrogen) atoms. The Morgan fingerprint density at radius 2 is 2.22 bits per heavy atom. The van der Waals surface area contributed by atoms with Gasteiger partial charge in [0.25, 0.3) is 0 Å². The molecule has 0 aromatic carbocycles. The van der Waals surface area contributed by atoms with E-state index in [0.29, 0.717) is 26.1 Å². The van der Waals surface area contributed by atoms with Gasteiger partial charge >= 0.3 is 6.03 Å². The minimum atomic E-state index is -3.48. The zero-order valence-electron chi connectivity index (χ0n) is 13.6. The molecule has 1 fully saturated rings. The summed E-state index contributed by atoms with van der Waals surface area (Å²) in [5.41, 5.74) is 3.27. The van der Waals surface area contributed by atoms with Crippen molar-refractivity contribution in [2.45, 2.75) is 33.1 Å². The molecule has 8 nitrogen and oxygen atoms in total. The maximum atomic E-state index is 12.1. The van der Waals surface area contributed by atoms with Crippen molar-refractivity contribution in [2.24, 2.45) is 11.1 Å². The highest BCUT2D eigenvalue weighted by atomic mass is 32.2. The first-order chi connectivity index (χ1) is 10.8. The Morgan fingerprint density at radius 1 is 1.48 bits per heavy atom. The first-order valence-electron chi connectivity index (χ1n) is 7.80. The largest absolute Gasteiger partial charge is 0.338 e. The molecule has 1 atom stereocenters. The van der Waals surface area contributed by atoms with Gasteiger partial charge in [0.05, 0.1) is 11.4 Å². The van der Waals surface area contributed by atoms with Crippen molar-refractivity contribution >= 4 is 16.1 Å². The third-order valence-corrected chi connectivity index (χ3v) is 5.14. The van der Waals surface area contributed by atoms with Gasteiger partial charge in [0.15, 0.2) is 0 Å². The Hall–Kier alpha value is -1.61. The molecule has 1 aliphatic rings. The van der Waals surface area contributed by atoms with E-state index in [4.69, 9.17) is 5.14 Å². The Morgan fingerprint density at radius 3 is 2.83 bits per heavy atom. The molecule has 1 aromatic heterocycles. The van der Waals surface area contributed by atoms with E-state index in [1.54, 1.807) is 4.90 Å². The minimum absolute atomic E-state index is 0.0597. The van der Waals surface area contributed by atoms with Crippen LogP contribution in [0.5, 0.6) is 0 Å². The summed E-state index contributed by atoms with van der Waals surface area (Å²) < 4.78 is 22.2. The van der Waals surface area contributed by atoms with Gasteiger partial charge in [-0.25, -0.2) is 18.4 Å². The minimum Gasteiger partial charge on any atom is -0.338 e. The second-order valence-electron chi connectivity index (χ2n) is 6.18. The molecule has 2 heterocycles. The molecule has 0 aliphatic carbocycles. The first-order valence-corrected chi connectivity index (χ1v) is 9.51.